The average Bonchev–Trinajstić information content (AvgIpc) is 3.66. The first kappa shape index (κ1) is 28.2. The fraction of sp³-hybridized carbons (Fsp3) is 0.214. The molecule has 4 heterocycles. The van der Waals surface area contributed by atoms with Crippen LogP contribution in [0, 0.1) is 13.8 Å². The number of anilines is 1. The Labute approximate surface area is 241 Å². The van der Waals surface area contributed by atoms with Crippen molar-refractivity contribution in [2.24, 2.45) is 5.73 Å². The largest absolute Gasteiger partial charge is 0.486 e. The van der Waals surface area contributed by atoms with Crippen LogP contribution in [0.1, 0.15) is 56.3 Å². The first-order chi connectivity index (χ1) is 19.6. The van der Waals surface area contributed by atoms with Crippen molar-refractivity contribution in [3.8, 4) is 16.9 Å². The first-order valence-electron chi connectivity index (χ1n) is 12.4. The summed E-state index contributed by atoms with van der Waals surface area (Å²) in [6.07, 6.45) is -1.31. The smallest absolute Gasteiger partial charge is 0.291 e. The van der Waals surface area contributed by atoms with Crippen LogP contribution in [0.4, 0.5) is 14.5 Å². The molecule has 1 aromatic carbocycles. The summed E-state index contributed by atoms with van der Waals surface area (Å²) >= 11 is 6.87. The summed E-state index contributed by atoms with van der Waals surface area (Å²) < 4.78 is 40.7. The van der Waals surface area contributed by atoms with Crippen molar-refractivity contribution in [1.82, 2.24) is 14.8 Å². The Morgan fingerprint density at radius 1 is 1.20 bits per heavy atom. The molecule has 0 aliphatic rings. The molecular weight excluding hydrogens is 576 g/mol. The molecule has 0 unspecified atom stereocenters. The van der Waals surface area contributed by atoms with E-state index in [0.29, 0.717) is 39.6 Å². The Kier molecular flexibility index (Phi) is 7.78. The lowest BCUT2D eigenvalue weighted by Crippen LogP contribution is -2.16. The number of halogens is 3. The zero-order chi connectivity index (χ0) is 29.4. The predicted octanol–water partition coefficient (Wildman–Crippen LogP) is 6.91. The van der Waals surface area contributed by atoms with Gasteiger partial charge in [0.25, 0.3) is 18.2 Å². The number of amides is 2. The van der Waals surface area contributed by atoms with Gasteiger partial charge in [0.15, 0.2) is 5.76 Å². The van der Waals surface area contributed by atoms with Crippen LogP contribution in [-0.2, 0) is 13.2 Å². The number of aromatic nitrogens is 3. The van der Waals surface area contributed by atoms with Crippen LogP contribution in [0.5, 0.6) is 5.75 Å². The van der Waals surface area contributed by atoms with Gasteiger partial charge in [0.1, 0.15) is 33.5 Å². The standard InChI is InChI=1S/C28H24ClF2N5O4S/c1-4-36-14(3)18(11-33-36)17-10-20(25(30)31)34-28-22(17)23(24(41-28)26(32)37)35-27(38)21-8-6-16(40-21)12-39-15-5-7-19(29)13(2)9-15/h5-11,25H,4,12H2,1-3H3,(H2,32,37)(H,35,38). The minimum Gasteiger partial charge on any atom is -0.486 e. The summed E-state index contributed by atoms with van der Waals surface area (Å²) in [4.78, 5) is 29.8. The van der Waals surface area contributed by atoms with E-state index >= 15 is 0 Å². The molecule has 5 aromatic rings. The average molecular weight is 600 g/mol. The van der Waals surface area contributed by atoms with Crippen molar-refractivity contribution in [3.63, 3.8) is 0 Å². The Hall–Kier alpha value is -4.29. The number of nitrogens with two attached hydrogens (primary N) is 1. The second-order valence-corrected chi connectivity index (χ2v) is 10.5. The molecule has 5 rings (SSSR count). The molecule has 13 heteroatoms. The van der Waals surface area contributed by atoms with E-state index in [1.165, 1.54) is 12.1 Å². The number of hydrogen-bond acceptors (Lipinski definition) is 7. The van der Waals surface area contributed by atoms with Gasteiger partial charge in [-0.2, -0.15) is 5.10 Å². The molecule has 0 fully saturated rings. The van der Waals surface area contributed by atoms with Crippen molar-refractivity contribution < 1.29 is 27.5 Å². The molecular formula is C28H24ClF2N5O4S. The van der Waals surface area contributed by atoms with E-state index < -0.39 is 23.9 Å². The van der Waals surface area contributed by atoms with E-state index in [9.17, 15) is 18.4 Å². The summed E-state index contributed by atoms with van der Waals surface area (Å²) in [6, 6.07) is 9.51. The number of primary amides is 1. The number of nitrogens with one attached hydrogen (secondary N) is 1. The van der Waals surface area contributed by atoms with Gasteiger partial charge in [-0.15, -0.1) is 11.3 Å². The van der Waals surface area contributed by atoms with Crippen molar-refractivity contribution in [3.05, 3.63) is 81.0 Å². The van der Waals surface area contributed by atoms with Crippen molar-refractivity contribution in [2.75, 3.05) is 5.32 Å². The fourth-order valence-corrected chi connectivity index (χ4v) is 5.51. The quantitative estimate of drug-likeness (QED) is 0.190. The lowest BCUT2D eigenvalue weighted by molar-refractivity contribution is 0.0992. The molecule has 3 N–H and O–H groups in total. The number of rotatable bonds is 9. The molecule has 41 heavy (non-hydrogen) atoms. The van der Waals surface area contributed by atoms with E-state index in [0.717, 1.165) is 22.6 Å². The number of thiophene rings is 1. The monoisotopic (exact) mass is 599 g/mol. The van der Waals surface area contributed by atoms with Gasteiger partial charge in [0.2, 0.25) is 0 Å². The van der Waals surface area contributed by atoms with E-state index in [1.807, 2.05) is 13.8 Å². The number of hydrogen-bond donors (Lipinski definition) is 2. The van der Waals surface area contributed by atoms with Gasteiger partial charge in [-0.1, -0.05) is 11.6 Å². The molecule has 9 nitrogen and oxygen atoms in total. The minimum absolute atomic E-state index is 0.0396. The number of carbonyl (C=O) groups excluding carboxylic acids is 2. The molecule has 0 bridgehead atoms. The number of carbonyl (C=O) groups is 2. The summed E-state index contributed by atoms with van der Waals surface area (Å²) in [7, 11) is 0. The van der Waals surface area contributed by atoms with Crippen LogP contribution in [0.2, 0.25) is 5.02 Å². The number of fused-ring (bicyclic) bond motifs is 1. The Morgan fingerprint density at radius 2 is 1.98 bits per heavy atom. The lowest BCUT2D eigenvalue weighted by Gasteiger charge is -2.10. The van der Waals surface area contributed by atoms with E-state index in [1.54, 1.807) is 42.1 Å². The predicted molar refractivity (Wildman–Crippen MR) is 152 cm³/mol. The molecule has 0 saturated heterocycles. The molecule has 0 aliphatic heterocycles. The Bertz CT molecular complexity index is 1800. The van der Waals surface area contributed by atoms with Gasteiger partial charge < -0.3 is 20.2 Å². The van der Waals surface area contributed by atoms with Gasteiger partial charge >= 0.3 is 0 Å². The fourth-order valence-electron chi connectivity index (χ4n) is 4.38. The normalized spacial score (nSPS) is 11.4. The minimum atomic E-state index is -2.86. The van der Waals surface area contributed by atoms with Crippen molar-refractivity contribution in [1.29, 1.82) is 0 Å². The molecule has 0 atom stereocenters. The summed E-state index contributed by atoms with van der Waals surface area (Å²) in [5.41, 5.74) is 7.68. The number of ether oxygens (including phenoxy) is 1. The maximum atomic E-state index is 13.8. The number of alkyl halides is 2. The van der Waals surface area contributed by atoms with Gasteiger partial charge in [0.05, 0.1) is 11.9 Å². The Morgan fingerprint density at radius 3 is 2.63 bits per heavy atom. The van der Waals surface area contributed by atoms with Crippen LogP contribution < -0.4 is 15.8 Å². The third kappa shape index (κ3) is 5.52. The molecule has 0 spiro atoms. The number of aryl methyl sites for hydroxylation is 2. The molecule has 212 valence electrons. The zero-order valence-electron chi connectivity index (χ0n) is 22.1. The molecule has 4 aromatic heterocycles. The highest BCUT2D eigenvalue weighted by Gasteiger charge is 2.27. The van der Waals surface area contributed by atoms with Crippen LogP contribution in [-0.4, -0.2) is 26.6 Å². The van der Waals surface area contributed by atoms with Gasteiger partial charge in [-0.05, 0) is 68.3 Å². The van der Waals surface area contributed by atoms with Gasteiger partial charge in [0, 0.05) is 28.2 Å². The van der Waals surface area contributed by atoms with E-state index in [-0.39, 0.29) is 27.8 Å². The van der Waals surface area contributed by atoms with E-state index in [2.05, 4.69) is 15.4 Å². The van der Waals surface area contributed by atoms with Crippen LogP contribution in [0.3, 0.4) is 0 Å². The third-order valence-corrected chi connectivity index (χ3v) is 7.98. The van der Waals surface area contributed by atoms with Crippen LogP contribution in [0.15, 0.2) is 47.0 Å². The number of pyridine rings is 1. The third-order valence-electron chi connectivity index (χ3n) is 6.46. The second-order valence-electron chi connectivity index (χ2n) is 9.13. The SMILES string of the molecule is CCn1ncc(-c2cc(C(F)F)nc3sc(C(N)=O)c(NC(=O)c4ccc(COc5ccc(Cl)c(C)c5)o4)c23)c1C. The summed E-state index contributed by atoms with van der Waals surface area (Å²) in [6.45, 7) is 6.16. The van der Waals surface area contributed by atoms with Crippen LogP contribution in [0.25, 0.3) is 21.3 Å². The highest BCUT2D eigenvalue weighted by atomic mass is 35.5. The topological polar surface area (TPSA) is 125 Å². The van der Waals surface area contributed by atoms with Gasteiger partial charge in [-0.25, -0.2) is 13.8 Å². The lowest BCUT2D eigenvalue weighted by atomic mass is 10.0. The van der Waals surface area contributed by atoms with Crippen molar-refractivity contribution >= 4 is 50.7 Å². The zero-order valence-corrected chi connectivity index (χ0v) is 23.7. The highest BCUT2D eigenvalue weighted by molar-refractivity contribution is 7.21. The molecule has 0 radical (unpaired) electrons. The second kappa shape index (κ2) is 11.3. The molecule has 2 amide bonds. The number of furan rings is 1. The number of benzene rings is 1. The summed E-state index contributed by atoms with van der Waals surface area (Å²) in [5.74, 6) is -0.625. The summed E-state index contributed by atoms with van der Waals surface area (Å²) in [5, 5.41) is 7.93. The first-order valence-corrected chi connectivity index (χ1v) is 13.6. The van der Waals surface area contributed by atoms with E-state index in [4.69, 9.17) is 26.5 Å². The van der Waals surface area contributed by atoms with Crippen molar-refractivity contribution in [2.45, 2.75) is 40.3 Å². The van der Waals surface area contributed by atoms with Gasteiger partial charge in [-0.3, -0.25) is 14.3 Å². The maximum Gasteiger partial charge on any atom is 0.291 e. The Balaban J connectivity index is 1.50. The number of nitrogens with zero attached hydrogens (tertiary/aromatic N) is 3. The molecule has 0 aliphatic carbocycles. The highest BCUT2D eigenvalue weighted by Crippen LogP contribution is 2.43. The maximum absolute atomic E-state index is 13.8. The molecule has 0 saturated carbocycles. The van der Waals surface area contributed by atoms with Crippen LogP contribution >= 0.6 is 22.9 Å².